The van der Waals surface area contributed by atoms with Gasteiger partial charge in [-0.2, -0.15) is 0 Å². The van der Waals surface area contributed by atoms with Crippen molar-refractivity contribution >= 4 is 11.7 Å². The number of nitrogens with zero attached hydrogens (tertiary/aromatic N) is 2. The van der Waals surface area contributed by atoms with E-state index in [4.69, 9.17) is 0 Å². The molecule has 0 radical (unpaired) electrons. The van der Waals surface area contributed by atoms with Crippen molar-refractivity contribution in [1.29, 1.82) is 0 Å². The molecule has 4 rings (SSSR count). The molecule has 148 valence electrons. The number of anilines is 1. The Morgan fingerprint density at radius 3 is 2.03 bits per heavy atom. The zero-order valence-electron chi connectivity index (χ0n) is 16.6. The molecule has 4 heteroatoms. The van der Waals surface area contributed by atoms with E-state index in [9.17, 15) is 4.79 Å². The Balaban J connectivity index is 1.48. The molecule has 0 spiro atoms. The van der Waals surface area contributed by atoms with Gasteiger partial charge in [-0.15, -0.1) is 0 Å². The van der Waals surface area contributed by atoms with Crippen molar-refractivity contribution in [1.82, 2.24) is 9.80 Å². The van der Waals surface area contributed by atoms with E-state index in [1.54, 1.807) is 0 Å². The second-order valence-electron chi connectivity index (χ2n) is 7.55. The van der Waals surface area contributed by atoms with Gasteiger partial charge < -0.3 is 10.2 Å². The van der Waals surface area contributed by atoms with Crippen LogP contribution in [0.4, 0.5) is 10.5 Å². The molecule has 4 nitrogen and oxygen atoms in total. The highest BCUT2D eigenvalue weighted by molar-refractivity contribution is 5.89. The number of piperazine rings is 1. The third kappa shape index (κ3) is 5.24. The van der Waals surface area contributed by atoms with E-state index in [2.05, 4.69) is 58.7 Å². The fraction of sp³-hybridized carbons (Fsp3) is 0.240. The maximum Gasteiger partial charge on any atom is 0.322 e. The smallest absolute Gasteiger partial charge is 0.319 e. The van der Waals surface area contributed by atoms with Gasteiger partial charge in [0.2, 0.25) is 0 Å². The lowest BCUT2D eigenvalue weighted by Gasteiger charge is -2.41. The average Bonchev–Trinajstić information content (AvgIpc) is 2.76. The molecule has 2 amide bonds. The molecule has 3 aromatic carbocycles. The molecule has 0 unspecified atom stereocenters. The molecule has 1 fully saturated rings. The Hall–Kier alpha value is -3.11. The summed E-state index contributed by atoms with van der Waals surface area (Å²) in [4.78, 5) is 17.5. The highest BCUT2D eigenvalue weighted by Gasteiger charge is 2.30. The fourth-order valence-corrected chi connectivity index (χ4v) is 3.95. The highest BCUT2D eigenvalue weighted by atomic mass is 16.2. The molecule has 0 aliphatic carbocycles. The van der Waals surface area contributed by atoms with Crippen LogP contribution in [-0.2, 0) is 13.0 Å². The first-order valence-electron chi connectivity index (χ1n) is 10.2. The van der Waals surface area contributed by atoms with E-state index in [-0.39, 0.29) is 12.1 Å². The van der Waals surface area contributed by atoms with Crippen molar-refractivity contribution < 1.29 is 4.79 Å². The van der Waals surface area contributed by atoms with Crippen LogP contribution < -0.4 is 5.32 Å². The summed E-state index contributed by atoms with van der Waals surface area (Å²) >= 11 is 0. The van der Waals surface area contributed by atoms with Gasteiger partial charge in [-0.25, -0.2) is 4.79 Å². The Morgan fingerprint density at radius 1 is 0.793 bits per heavy atom. The molecular weight excluding hydrogens is 358 g/mol. The van der Waals surface area contributed by atoms with Crippen LogP contribution in [0.15, 0.2) is 91.0 Å². The Labute approximate surface area is 172 Å². The molecular formula is C25H27N3O. The summed E-state index contributed by atoms with van der Waals surface area (Å²) in [5.41, 5.74) is 3.41. The summed E-state index contributed by atoms with van der Waals surface area (Å²) in [6, 6.07) is 30.8. The monoisotopic (exact) mass is 385 g/mol. The topological polar surface area (TPSA) is 35.6 Å². The van der Waals surface area contributed by atoms with Gasteiger partial charge in [0.25, 0.3) is 0 Å². The molecule has 0 bridgehead atoms. The summed E-state index contributed by atoms with van der Waals surface area (Å²) in [6.45, 7) is 3.39. The van der Waals surface area contributed by atoms with Crippen LogP contribution in [0, 0.1) is 0 Å². The molecule has 1 atom stereocenters. The summed E-state index contributed by atoms with van der Waals surface area (Å²) < 4.78 is 0. The number of nitrogens with one attached hydrogen (secondary N) is 1. The van der Waals surface area contributed by atoms with Crippen LogP contribution in [0.5, 0.6) is 0 Å². The van der Waals surface area contributed by atoms with Gasteiger partial charge in [0.1, 0.15) is 0 Å². The van der Waals surface area contributed by atoms with Crippen LogP contribution >= 0.6 is 0 Å². The first kappa shape index (κ1) is 19.2. The highest BCUT2D eigenvalue weighted by Crippen LogP contribution is 2.19. The van der Waals surface area contributed by atoms with E-state index >= 15 is 0 Å². The second-order valence-corrected chi connectivity index (χ2v) is 7.55. The number of benzene rings is 3. The van der Waals surface area contributed by atoms with Crippen LogP contribution in [0.25, 0.3) is 0 Å². The molecule has 1 heterocycles. The van der Waals surface area contributed by atoms with E-state index in [0.717, 1.165) is 38.3 Å². The molecule has 1 N–H and O–H groups in total. The maximum atomic E-state index is 13.0. The van der Waals surface area contributed by atoms with Crippen molar-refractivity contribution in [2.24, 2.45) is 0 Å². The van der Waals surface area contributed by atoms with Gasteiger partial charge >= 0.3 is 6.03 Å². The summed E-state index contributed by atoms with van der Waals surface area (Å²) in [6.07, 6.45) is 0.855. The molecule has 29 heavy (non-hydrogen) atoms. The van der Waals surface area contributed by atoms with Gasteiger partial charge in [-0.1, -0.05) is 78.9 Å². The molecule has 1 aliphatic rings. The van der Waals surface area contributed by atoms with Gasteiger partial charge in [0.15, 0.2) is 0 Å². The molecule has 3 aromatic rings. The summed E-state index contributed by atoms with van der Waals surface area (Å²) in [5, 5.41) is 3.06. The Kier molecular flexibility index (Phi) is 6.22. The number of carbonyl (C=O) groups excluding carboxylic acids is 1. The lowest BCUT2D eigenvalue weighted by molar-refractivity contribution is 0.0958. The number of carbonyl (C=O) groups is 1. The first-order valence-corrected chi connectivity index (χ1v) is 10.2. The SMILES string of the molecule is O=C(Nc1ccccc1)N1CCN(Cc2ccccc2)C[C@@H]1Cc1ccccc1. The van der Waals surface area contributed by atoms with Gasteiger partial charge in [-0.3, -0.25) is 4.90 Å². The van der Waals surface area contributed by atoms with Crippen LogP contribution in [-0.4, -0.2) is 41.5 Å². The van der Waals surface area contributed by atoms with Crippen molar-refractivity contribution in [3.63, 3.8) is 0 Å². The van der Waals surface area contributed by atoms with Crippen LogP contribution in [0.2, 0.25) is 0 Å². The number of rotatable bonds is 5. The van der Waals surface area contributed by atoms with Gasteiger partial charge in [-0.05, 0) is 29.7 Å². The minimum Gasteiger partial charge on any atom is -0.319 e. The van der Waals surface area contributed by atoms with Crippen LogP contribution in [0.1, 0.15) is 11.1 Å². The number of hydrogen-bond donors (Lipinski definition) is 1. The Bertz CT molecular complexity index is 899. The third-order valence-electron chi connectivity index (χ3n) is 5.42. The second kappa shape index (κ2) is 9.39. The largest absolute Gasteiger partial charge is 0.322 e. The molecule has 1 saturated heterocycles. The number of para-hydroxylation sites is 1. The van der Waals surface area contributed by atoms with Crippen LogP contribution in [0.3, 0.4) is 0 Å². The quantitative estimate of drug-likeness (QED) is 0.694. The van der Waals surface area contributed by atoms with E-state index in [1.807, 2.05) is 47.4 Å². The minimum atomic E-state index is -0.0171. The lowest BCUT2D eigenvalue weighted by atomic mass is 10.0. The minimum absolute atomic E-state index is 0.0171. The van der Waals surface area contributed by atoms with E-state index < -0.39 is 0 Å². The lowest BCUT2D eigenvalue weighted by Crippen LogP contribution is -2.56. The van der Waals surface area contributed by atoms with E-state index in [1.165, 1.54) is 11.1 Å². The zero-order chi connectivity index (χ0) is 19.9. The van der Waals surface area contributed by atoms with Gasteiger partial charge in [0, 0.05) is 31.9 Å². The van der Waals surface area contributed by atoms with Crippen molar-refractivity contribution in [3.8, 4) is 0 Å². The number of amides is 2. The molecule has 0 aromatic heterocycles. The molecule has 1 aliphatic heterocycles. The normalized spacial score (nSPS) is 17.1. The molecule has 0 saturated carbocycles. The average molecular weight is 386 g/mol. The predicted molar refractivity (Wildman–Crippen MR) is 118 cm³/mol. The zero-order valence-corrected chi connectivity index (χ0v) is 16.6. The van der Waals surface area contributed by atoms with Crippen molar-refractivity contribution in [2.45, 2.75) is 19.0 Å². The number of urea groups is 1. The van der Waals surface area contributed by atoms with E-state index in [0.29, 0.717) is 0 Å². The predicted octanol–water partition coefficient (Wildman–Crippen LogP) is 4.65. The number of hydrogen-bond acceptors (Lipinski definition) is 2. The standard InChI is InChI=1S/C25H27N3O/c29-25(26-23-14-8-3-9-15-23)28-17-16-27(19-22-12-6-2-7-13-22)20-24(28)18-21-10-4-1-5-11-21/h1-15,24H,16-20H2,(H,26,29)/t24-/m0/s1. The summed E-state index contributed by atoms with van der Waals surface area (Å²) in [7, 11) is 0. The van der Waals surface area contributed by atoms with Crippen molar-refractivity contribution in [3.05, 3.63) is 102 Å². The van der Waals surface area contributed by atoms with Gasteiger partial charge in [0.05, 0.1) is 6.04 Å². The van der Waals surface area contributed by atoms with Crippen molar-refractivity contribution in [2.75, 3.05) is 25.0 Å². The summed E-state index contributed by atoms with van der Waals surface area (Å²) in [5.74, 6) is 0. The maximum absolute atomic E-state index is 13.0. The first-order chi connectivity index (χ1) is 14.3. The third-order valence-corrected chi connectivity index (χ3v) is 5.42. The Morgan fingerprint density at radius 2 is 1.38 bits per heavy atom. The fourth-order valence-electron chi connectivity index (χ4n) is 3.95.